The molecule has 1 heterocycles. The zero-order valence-corrected chi connectivity index (χ0v) is 14.0. The number of aromatic amines is 1. The van der Waals surface area contributed by atoms with E-state index in [1.165, 1.54) is 0 Å². The number of carbonyl (C=O) groups is 2. The molecule has 0 radical (unpaired) electrons. The molecule has 2 aromatic rings. The number of aromatic nitrogens is 2. The smallest absolute Gasteiger partial charge is 0.251 e. The number of benzene rings is 1. The van der Waals surface area contributed by atoms with Crippen LogP contribution in [0, 0.1) is 0 Å². The summed E-state index contributed by atoms with van der Waals surface area (Å²) in [5, 5.41) is 13.0. The highest BCUT2D eigenvalue weighted by Gasteiger charge is 2.28. The van der Waals surface area contributed by atoms with Crippen LogP contribution in [0.1, 0.15) is 58.8 Å². The van der Waals surface area contributed by atoms with E-state index in [2.05, 4.69) is 20.8 Å². The van der Waals surface area contributed by atoms with Crippen molar-refractivity contribution < 1.29 is 9.59 Å². The molecule has 4 rings (SSSR count). The van der Waals surface area contributed by atoms with Gasteiger partial charge in [0.2, 0.25) is 5.91 Å². The number of hydrogen-bond acceptors (Lipinski definition) is 3. The lowest BCUT2D eigenvalue weighted by Gasteiger charge is -2.21. The van der Waals surface area contributed by atoms with E-state index < -0.39 is 0 Å². The van der Waals surface area contributed by atoms with Crippen LogP contribution in [0.25, 0.3) is 0 Å². The second-order valence-electron chi connectivity index (χ2n) is 6.91. The fourth-order valence-electron chi connectivity index (χ4n) is 3.36. The van der Waals surface area contributed by atoms with E-state index in [1.54, 1.807) is 6.20 Å². The summed E-state index contributed by atoms with van der Waals surface area (Å²) in [6.45, 7) is 0.424. The molecule has 2 aliphatic rings. The number of aryl methyl sites for hydroxylation is 1. The molecule has 1 fully saturated rings. The van der Waals surface area contributed by atoms with E-state index in [0.717, 1.165) is 48.9 Å². The maximum atomic E-state index is 12.6. The highest BCUT2D eigenvalue weighted by atomic mass is 16.2. The molecule has 1 aromatic heterocycles. The summed E-state index contributed by atoms with van der Waals surface area (Å²) in [6.07, 6.45) is 6.70. The van der Waals surface area contributed by atoms with Crippen LogP contribution in [0.3, 0.4) is 0 Å². The first-order valence-electron chi connectivity index (χ1n) is 8.90. The lowest BCUT2D eigenvalue weighted by molar-refractivity contribution is -0.123. The van der Waals surface area contributed by atoms with Crippen molar-refractivity contribution in [2.24, 2.45) is 0 Å². The van der Waals surface area contributed by atoms with Crippen LogP contribution in [-0.2, 0) is 17.8 Å². The normalized spacial score (nSPS) is 19.1. The maximum Gasteiger partial charge on any atom is 0.251 e. The average Bonchev–Trinajstić information content (AvgIpc) is 3.31. The summed E-state index contributed by atoms with van der Waals surface area (Å²) in [7, 11) is 0. The second kappa shape index (κ2) is 6.70. The number of hydrogen-bond donors (Lipinski definition) is 3. The Morgan fingerprint density at radius 3 is 2.96 bits per heavy atom. The zero-order valence-electron chi connectivity index (χ0n) is 14.0. The summed E-state index contributed by atoms with van der Waals surface area (Å²) in [6, 6.07) is 7.78. The molecule has 0 aliphatic heterocycles. The third kappa shape index (κ3) is 3.57. The molecule has 0 saturated heterocycles. The van der Waals surface area contributed by atoms with Gasteiger partial charge in [0, 0.05) is 29.4 Å². The molecule has 1 unspecified atom stereocenters. The molecule has 1 saturated carbocycles. The summed E-state index contributed by atoms with van der Waals surface area (Å²) in [4.78, 5) is 24.7. The summed E-state index contributed by atoms with van der Waals surface area (Å²) < 4.78 is 0. The Kier molecular flexibility index (Phi) is 4.26. The van der Waals surface area contributed by atoms with Crippen LogP contribution in [0.2, 0.25) is 0 Å². The standard InChI is InChI=1S/C19H22N4O2/c24-18(22-14-7-8-14)13-4-1-3-12(9-13)10-20-19(25)15-5-2-6-17-16(15)11-21-23-17/h1,3-4,9,11,14-15H,2,5-8,10H2,(H,20,25)(H,21,23)(H,22,24). The Bertz CT molecular complexity index is 794. The third-order valence-electron chi connectivity index (χ3n) is 4.93. The number of rotatable bonds is 5. The van der Waals surface area contributed by atoms with E-state index in [4.69, 9.17) is 0 Å². The molecule has 2 amide bonds. The minimum Gasteiger partial charge on any atom is -0.351 e. The predicted molar refractivity (Wildman–Crippen MR) is 93.0 cm³/mol. The van der Waals surface area contributed by atoms with Crippen molar-refractivity contribution >= 4 is 11.8 Å². The summed E-state index contributed by atoms with van der Waals surface area (Å²) in [5.74, 6) is -0.148. The van der Waals surface area contributed by atoms with E-state index in [1.807, 2.05) is 24.3 Å². The Balaban J connectivity index is 1.38. The second-order valence-corrected chi connectivity index (χ2v) is 6.91. The topological polar surface area (TPSA) is 86.9 Å². The van der Waals surface area contributed by atoms with Gasteiger partial charge in [-0.1, -0.05) is 12.1 Å². The number of fused-ring (bicyclic) bond motifs is 1. The van der Waals surface area contributed by atoms with Crippen LogP contribution < -0.4 is 10.6 Å². The van der Waals surface area contributed by atoms with Crippen LogP contribution in [0.5, 0.6) is 0 Å². The highest BCUT2D eigenvalue weighted by Crippen LogP contribution is 2.30. The lowest BCUT2D eigenvalue weighted by atomic mass is 9.86. The first-order chi connectivity index (χ1) is 12.2. The number of H-pyrrole nitrogens is 1. The SMILES string of the molecule is O=C(NC1CC1)c1cccc(CNC(=O)C2CCCc3[nH]ncc32)c1. The Morgan fingerprint density at radius 2 is 2.12 bits per heavy atom. The van der Waals surface area contributed by atoms with Gasteiger partial charge in [-0.05, 0) is 49.8 Å². The third-order valence-corrected chi connectivity index (χ3v) is 4.93. The molecule has 6 nitrogen and oxygen atoms in total. The van der Waals surface area contributed by atoms with Gasteiger partial charge in [0.1, 0.15) is 0 Å². The Morgan fingerprint density at radius 1 is 1.24 bits per heavy atom. The Labute approximate surface area is 146 Å². The van der Waals surface area contributed by atoms with Crippen molar-refractivity contribution in [3.63, 3.8) is 0 Å². The van der Waals surface area contributed by atoms with Gasteiger partial charge in [-0.2, -0.15) is 5.10 Å². The quantitative estimate of drug-likeness (QED) is 0.780. The number of nitrogens with zero attached hydrogens (tertiary/aromatic N) is 1. The van der Waals surface area contributed by atoms with E-state index in [0.29, 0.717) is 18.2 Å². The molecule has 25 heavy (non-hydrogen) atoms. The van der Waals surface area contributed by atoms with Gasteiger partial charge in [0.05, 0.1) is 12.1 Å². The molecule has 3 N–H and O–H groups in total. The largest absolute Gasteiger partial charge is 0.351 e. The zero-order chi connectivity index (χ0) is 17.2. The van der Waals surface area contributed by atoms with Gasteiger partial charge in [-0.15, -0.1) is 0 Å². The first-order valence-corrected chi connectivity index (χ1v) is 8.90. The van der Waals surface area contributed by atoms with Crippen LogP contribution in [0.4, 0.5) is 0 Å². The number of carbonyl (C=O) groups excluding carboxylic acids is 2. The van der Waals surface area contributed by atoms with Crippen molar-refractivity contribution in [2.75, 3.05) is 0 Å². The molecule has 0 spiro atoms. The molecule has 130 valence electrons. The molecular weight excluding hydrogens is 316 g/mol. The fraction of sp³-hybridized carbons (Fsp3) is 0.421. The summed E-state index contributed by atoms with van der Waals surface area (Å²) in [5.41, 5.74) is 3.67. The van der Waals surface area contributed by atoms with Gasteiger partial charge >= 0.3 is 0 Å². The Hall–Kier alpha value is -2.63. The minimum absolute atomic E-state index is 0.0233. The number of nitrogens with one attached hydrogen (secondary N) is 3. The van der Waals surface area contributed by atoms with Crippen molar-refractivity contribution in [1.29, 1.82) is 0 Å². The van der Waals surface area contributed by atoms with Crippen molar-refractivity contribution in [1.82, 2.24) is 20.8 Å². The van der Waals surface area contributed by atoms with Crippen molar-refractivity contribution in [2.45, 2.75) is 50.6 Å². The van der Waals surface area contributed by atoms with Gasteiger partial charge in [0.25, 0.3) is 5.91 Å². The van der Waals surface area contributed by atoms with E-state index >= 15 is 0 Å². The summed E-state index contributed by atoms with van der Waals surface area (Å²) >= 11 is 0. The van der Waals surface area contributed by atoms with Crippen LogP contribution in [-0.4, -0.2) is 28.1 Å². The molecule has 1 aromatic carbocycles. The van der Waals surface area contributed by atoms with E-state index in [-0.39, 0.29) is 17.7 Å². The average molecular weight is 338 g/mol. The fourth-order valence-corrected chi connectivity index (χ4v) is 3.36. The van der Waals surface area contributed by atoms with Crippen LogP contribution >= 0.6 is 0 Å². The minimum atomic E-state index is -0.135. The molecule has 1 atom stereocenters. The maximum absolute atomic E-state index is 12.6. The molecule has 6 heteroatoms. The highest BCUT2D eigenvalue weighted by molar-refractivity contribution is 5.94. The molecule has 0 bridgehead atoms. The number of amides is 2. The van der Waals surface area contributed by atoms with Crippen molar-refractivity contribution in [3.05, 3.63) is 52.8 Å². The predicted octanol–water partition coefficient (Wildman–Crippen LogP) is 2.04. The van der Waals surface area contributed by atoms with E-state index in [9.17, 15) is 9.59 Å². The van der Waals surface area contributed by atoms with Gasteiger partial charge in [-0.3, -0.25) is 14.7 Å². The molecular formula is C19H22N4O2. The monoisotopic (exact) mass is 338 g/mol. The first kappa shape index (κ1) is 15.9. The molecule has 2 aliphatic carbocycles. The van der Waals surface area contributed by atoms with Gasteiger partial charge < -0.3 is 10.6 Å². The van der Waals surface area contributed by atoms with Gasteiger partial charge in [-0.25, -0.2) is 0 Å². The van der Waals surface area contributed by atoms with Gasteiger partial charge in [0.15, 0.2) is 0 Å². The van der Waals surface area contributed by atoms with Crippen molar-refractivity contribution in [3.8, 4) is 0 Å². The van der Waals surface area contributed by atoms with Crippen LogP contribution in [0.15, 0.2) is 30.5 Å². The lowest BCUT2D eigenvalue weighted by Crippen LogP contribution is -2.31.